The van der Waals surface area contributed by atoms with Gasteiger partial charge in [0.25, 0.3) is 0 Å². The number of phenols is 1. The molecule has 0 amide bonds. The van der Waals surface area contributed by atoms with Crippen LogP contribution in [0.2, 0.25) is 0 Å². The molecule has 0 unspecified atom stereocenters. The van der Waals surface area contributed by atoms with Crippen LogP contribution in [-0.2, 0) is 0 Å². The van der Waals surface area contributed by atoms with Crippen molar-refractivity contribution >= 4 is 16.9 Å². The van der Waals surface area contributed by atoms with Gasteiger partial charge in [0.05, 0.1) is 11.7 Å². The van der Waals surface area contributed by atoms with Gasteiger partial charge in [0, 0.05) is 18.0 Å². The van der Waals surface area contributed by atoms with E-state index in [9.17, 15) is 5.11 Å². The predicted molar refractivity (Wildman–Crippen MR) is 89.0 cm³/mol. The number of thioether (sulfide) groups is 1. The van der Waals surface area contributed by atoms with E-state index in [1.54, 1.807) is 6.07 Å². The number of phenolic OH excluding ortho intramolecular Hbond substituents is 1. The van der Waals surface area contributed by atoms with Gasteiger partial charge < -0.3 is 10.0 Å². The molecule has 1 aromatic carbocycles. The quantitative estimate of drug-likeness (QED) is 0.924. The molecule has 3 heterocycles. The van der Waals surface area contributed by atoms with Gasteiger partial charge in [-0.1, -0.05) is 36.9 Å². The summed E-state index contributed by atoms with van der Waals surface area (Å²) in [5.74, 6) is 0.297. The fourth-order valence-electron chi connectivity index (χ4n) is 3.19. The third-order valence-corrected chi connectivity index (χ3v) is 5.20. The number of nitrogens with zero attached hydrogens (tertiary/aromatic N) is 3. The van der Waals surface area contributed by atoms with Crippen LogP contribution in [-0.4, -0.2) is 32.0 Å². The Morgan fingerprint density at radius 3 is 2.91 bits per heavy atom. The van der Waals surface area contributed by atoms with Crippen molar-refractivity contribution in [3.8, 4) is 5.75 Å². The molecule has 2 aromatic rings. The fourth-order valence-corrected chi connectivity index (χ4v) is 4.28. The molecule has 0 radical (unpaired) electrons. The number of benzene rings is 1. The van der Waals surface area contributed by atoms with E-state index in [0.29, 0.717) is 11.0 Å². The van der Waals surface area contributed by atoms with Crippen molar-refractivity contribution in [1.29, 1.82) is 0 Å². The molecule has 1 saturated heterocycles. The van der Waals surface area contributed by atoms with Gasteiger partial charge >= 0.3 is 0 Å². The number of aromatic nitrogens is 1. The maximum absolute atomic E-state index is 9.85. The third-order valence-electron chi connectivity index (χ3n) is 4.09. The highest BCUT2D eigenvalue weighted by molar-refractivity contribution is 8.14. The number of pyridine rings is 1. The summed E-state index contributed by atoms with van der Waals surface area (Å²) in [6.45, 7) is 3.20. The number of hydrogen-bond donors (Lipinski definition) is 1. The van der Waals surface area contributed by atoms with Crippen LogP contribution in [0.25, 0.3) is 0 Å². The first-order chi connectivity index (χ1) is 10.7. The van der Waals surface area contributed by atoms with E-state index in [4.69, 9.17) is 4.99 Å². The lowest BCUT2D eigenvalue weighted by atomic mass is 9.96. The lowest BCUT2D eigenvalue weighted by Gasteiger charge is -2.27. The van der Waals surface area contributed by atoms with Crippen LogP contribution in [0.3, 0.4) is 0 Å². The molecular formula is C17H17N3OS. The maximum atomic E-state index is 9.85. The van der Waals surface area contributed by atoms with E-state index in [2.05, 4.69) is 22.9 Å². The maximum Gasteiger partial charge on any atom is 0.160 e. The summed E-state index contributed by atoms with van der Waals surface area (Å²) in [6, 6.07) is 13.5. The molecule has 1 N–H and O–H groups in total. The van der Waals surface area contributed by atoms with Crippen LogP contribution in [0.4, 0.5) is 0 Å². The standard InChI is InChI=1S/C17H17N3OS/c1-11-10-20-16(12-5-4-6-13(21)9-12)15(19-17(20)22-11)14-7-2-3-8-18-14/h2-9,11,15-16,21H,10H2,1H3/t11-,15-,16-/m1/s1. The van der Waals surface area contributed by atoms with E-state index >= 15 is 0 Å². The minimum absolute atomic E-state index is 0.0157. The van der Waals surface area contributed by atoms with Gasteiger partial charge in [0.1, 0.15) is 11.8 Å². The molecule has 0 saturated carbocycles. The van der Waals surface area contributed by atoms with E-state index in [0.717, 1.165) is 23.0 Å². The van der Waals surface area contributed by atoms with Gasteiger partial charge in [0.15, 0.2) is 5.17 Å². The average molecular weight is 311 g/mol. The van der Waals surface area contributed by atoms with Crippen molar-refractivity contribution in [3.63, 3.8) is 0 Å². The Morgan fingerprint density at radius 1 is 1.23 bits per heavy atom. The summed E-state index contributed by atoms with van der Waals surface area (Å²) in [6.07, 6.45) is 1.81. The molecule has 112 valence electrons. The lowest BCUT2D eigenvalue weighted by molar-refractivity contribution is 0.320. The summed E-state index contributed by atoms with van der Waals surface area (Å²) in [7, 11) is 0. The molecule has 2 aliphatic heterocycles. The van der Waals surface area contributed by atoms with Gasteiger partial charge in [-0.2, -0.15) is 0 Å². The van der Waals surface area contributed by atoms with Gasteiger partial charge in [-0.15, -0.1) is 0 Å². The second-order valence-corrected chi connectivity index (χ2v) is 7.14. The molecule has 5 heteroatoms. The minimum Gasteiger partial charge on any atom is -0.508 e. The van der Waals surface area contributed by atoms with Crippen LogP contribution < -0.4 is 0 Å². The Morgan fingerprint density at radius 2 is 2.14 bits per heavy atom. The summed E-state index contributed by atoms with van der Waals surface area (Å²) >= 11 is 1.82. The lowest BCUT2D eigenvalue weighted by Crippen LogP contribution is -2.28. The van der Waals surface area contributed by atoms with Crippen LogP contribution in [0.1, 0.15) is 30.3 Å². The number of aliphatic imine (C=N–C) groups is 1. The first-order valence-electron chi connectivity index (χ1n) is 7.43. The van der Waals surface area contributed by atoms with Crippen molar-refractivity contribution in [2.45, 2.75) is 24.3 Å². The van der Waals surface area contributed by atoms with Gasteiger partial charge in [-0.25, -0.2) is 0 Å². The van der Waals surface area contributed by atoms with Gasteiger partial charge in [0.2, 0.25) is 0 Å². The Kier molecular flexibility index (Phi) is 3.30. The monoisotopic (exact) mass is 311 g/mol. The van der Waals surface area contributed by atoms with E-state index in [1.807, 2.05) is 48.3 Å². The highest BCUT2D eigenvalue weighted by Gasteiger charge is 2.43. The van der Waals surface area contributed by atoms with Crippen molar-refractivity contribution < 1.29 is 5.11 Å². The molecule has 1 aromatic heterocycles. The molecule has 2 aliphatic rings. The topological polar surface area (TPSA) is 48.7 Å². The number of rotatable bonds is 2. The first kappa shape index (κ1) is 13.6. The Labute approximate surface area is 133 Å². The van der Waals surface area contributed by atoms with Crippen molar-refractivity contribution in [1.82, 2.24) is 9.88 Å². The van der Waals surface area contributed by atoms with Gasteiger partial charge in [-0.05, 0) is 29.8 Å². The van der Waals surface area contributed by atoms with E-state index < -0.39 is 0 Å². The zero-order valence-corrected chi connectivity index (χ0v) is 13.1. The molecule has 22 heavy (non-hydrogen) atoms. The van der Waals surface area contributed by atoms with Gasteiger partial charge in [-0.3, -0.25) is 9.98 Å². The Balaban J connectivity index is 1.78. The van der Waals surface area contributed by atoms with Crippen LogP contribution in [0.15, 0.2) is 53.7 Å². The largest absolute Gasteiger partial charge is 0.508 e. The Bertz CT molecular complexity index is 719. The molecule has 0 aliphatic carbocycles. The highest BCUT2D eigenvalue weighted by Crippen LogP contribution is 2.47. The molecule has 3 atom stereocenters. The smallest absolute Gasteiger partial charge is 0.160 e. The number of fused-ring (bicyclic) bond motifs is 1. The van der Waals surface area contributed by atoms with Crippen molar-refractivity contribution in [3.05, 3.63) is 59.9 Å². The summed E-state index contributed by atoms with van der Waals surface area (Å²) in [5, 5.41) is 11.5. The van der Waals surface area contributed by atoms with E-state index in [-0.39, 0.29) is 12.1 Å². The zero-order valence-electron chi connectivity index (χ0n) is 12.3. The number of amidine groups is 1. The van der Waals surface area contributed by atoms with Crippen LogP contribution in [0.5, 0.6) is 5.75 Å². The summed E-state index contributed by atoms with van der Waals surface area (Å²) in [5.41, 5.74) is 2.06. The molecular weight excluding hydrogens is 294 g/mol. The molecule has 0 bridgehead atoms. The zero-order chi connectivity index (χ0) is 15.1. The molecule has 4 nitrogen and oxygen atoms in total. The average Bonchev–Trinajstić information content (AvgIpc) is 3.04. The normalized spacial score (nSPS) is 26.9. The molecule has 0 spiro atoms. The van der Waals surface area contributed by atoms with Crippen LogP contribution in [0, 0.1) is 0 Å². The molecule has 4 rings (SSSR count). The number of hydrogen-bond acceptors (Lipinski definition) is 5. The second-order valence-electron chi connectivity index (χ2n) is 5.73. The summed E-state index contributed by atoms with van der Waals surface area (Å²) in [4.78, 5) is 11.8. The molecule has 1 fully saturated rings. The fraction of sp³-hybridized carbons (Fsp3) is 0.294. The van der Waals surface area contributed by atoms with E-state index in [1.165, 1.54) is 0 Å². The predicted octanol–water partition coefficient (Wildman–Crippen LogP) is 3.38. The SMILES string of the molecule is C[C@@H]1CN2C(=N[C@H](c3ccccn3)[C@H]2c2cccc(O)c2)S1. The summed E-state index contributed by atoms with van der Waals surface area (Å²) < 4.78 is 0. The minimum atomic E-state index is -0.0157. The van der Waals surface area contributed by atoms with Crippen LogP contribution >= 0.6 is 11.8 Å². The first-order valence-corrected chi connectivity index (χ1v) is 8.31. The second kappa shape index (κ2) is 5.32. The van der Waals surface area contributed by atoms with Crippen molar-refractivity contribution in [2.24, 2.45) is 4.99 Å². The number of aromatic hydroxyl groups is 1. The Hall–Kier alpha value is -2.01. The highest BCUT2D eigenvalue weighted by atomic mass is 32.2. The van der Waals surface area contributed by atoms with Crippen molar-refractivity contribution in [2.75, 3.05) is 6.54 Å². The third kappa shape index (κ3) is 2.25.